The molecule has 9 heteroatoms. The van der Waals surface area contributed by atoms with Crippen LogP contribution < -0.4 is 10.6 Å². The van der Waals surface area contributed by atoms with Gasteiger partial charge in [-0.05, 0) is 31.5 Å². The predicted molar refractivity (Wildman–Crippen MR) is 84.5 cm³/mol. The SMILES string of the molecule is CCOC(=O)C1=C(C)NC(NC#N)=N[C@@H]1c1ccc([N+](=O)[O-])cc1. The van der Waals surface area contributed by atoms with Crippen LogP contribution in [0.4, 0.5) is 5.69 Å². The first kappa shape index (κ1) is 17.0. The number of nitrogens with one attached hydrogen (secondary N) is 2. The Hall–Kier alpha value is -3.41. The molecule has 0 amide bonds. The van der Waals surface area contributed by atoms with Crippen molar-refractivity contribution >= 4 is 17.6 Å². The van der Waals surface area contributed by atoms with Crippen molar-refractivity contribution in [3.8, 4) is 6.19 Å². The summed E-state index contributed by atoms with van der Waals surface area (Å²) >= 11 is 0. The lowest BCUT2D eigenvalue weighted by Crippen LogP contribution is -2.39. The number of hydrogen-bond acceptors (Lipinski definition) is 8. The summed E-state index contributed by atoms with van der Waals surface area (Å²) in [4.78, 5) is 26.8. The van der Waals surface area contributed by atoms with Crippen LogP contribution in [0.25, 0.3) is 0 Å². The Morgan fingerprint density at radius 3 is 2.71 bits per heavy atom. The molecular weight excluding hydrogens is 314 g/mol. The van der Waals surface area contributed by atoms with E-state index in [-0.39, 0.29) is 23.8 Å². The van der Waals surface area contributed by atoms with Gasteiger partial charge in [0.15, 0.2) is 6.19 Å². The number of carbonyl (C=O) groups excluding carboxylic acids is 1. The normalized spacial score (nSPS) is 16.5. The first-order chi connectivity index (χ1) is 11.5. The van der Waals surface area contributed by atoms with E-state index in [9.17, 15) is 14.9 Å². The van der Waals surface area contributed by atoms with Crippen LogP contribution in [-0.2, 0) is 9.53 Å². The highest BCUT2D eigenvalue weighted by Crippen LogP contribution is 2.32. The molecule has 0 bridgehead atoms. The molecule has 124 valence electrons. The number of benzene rings is 1. The third kappa shape index (κ3) is 3.49. The topological polar surface area (TPSA) is 130 Å². The molecule has 1 aromatic rings. The average Bonchev–Trinajstić information content (AvgIpc) is 2.54. The molecule has 2 rings (SSSR count). The molecule has 0 fully saturated rings. The lowest BCUT2D eigenvalue weighted by molar-refractivity contribution is -0.384. The number of nitro groups is 1. The van der Waals surface area contributed by atoms with Crippen LogP contribution in [0.2, 0.25) is 0 Å². The smallest absolute Gasteiger partial charge is 0.338 e. The summed E-state index contributed by atoms with van der Waals surface area (Å²) in [5, 5.41) is 24.7. The maximum atomic E-state index is 12.2. The van der Waals surface area contributed by atoms with Crippen molar-refractivity contribution in [3.05, 3.63) is 51.2 Å². The molecule has 1 aromatic carbocycles. The van der Waals surface area contributed by atoms with Crippen molar-refractivity contribution in [3.63, 3.8) is 0 Å². The van der Waals surface area contributed by atoms with Gasteiger partial charge in [0.2, 0.25) is 5.96 Å². The van der Waals surface area contributed by atoms with Gasteiger partial charge in [0, 0.05) is 17.8 Å². The van der Waals surface area contributed by atoms with Crippen molar-refractivity contribution < 1.29 is 14.5 Å². The van der Waals surface area contributed by atoms with Gasteiger partial charge >= 0.3 is 5.97 Å². The van der Waals surface area contributed by atoms with Crippen molar-refractivity contribution in [2.24, 2.45) is 4.99 Å². The number of rotatable bonds is 4. The van der Waals surface area contributed by atoms with Gasteiger partial charge in [-0.1, -0.05) is 0 Å². The van der Waals surface area contributed by atoms with Crippen LogP contribution in [0.5, 0.6) is 0 Å². The van der Waals surface area contributed by atoms with E-state index in [2.05, 4.69) is 15.6 Å². The molecular formula is C15H15N5O4. The maximum Gasteiger partial charge on any atom is 0.338 e. The molecule has 1 heterocycles. The number of ether oxygens (including phenoxy) is 1. The molecule has 24 heavy (non-hydrogen) atoms. The molecule has 2 N–H and O–H groups in total. The third-order valence-corrected chi connectivity index (χ3v) is 3.33. The lowest BCUT2D eigenvalue weighted by atomic mass is 9.96. The van der Waals surface area contributed by atoms with E-state index in [1.54, 1.807) is 20.0 Å². The van der Waals surface area contributed by atoms with E-state index >= 15 is 0 Å². The summed E-state index contributed by atoms with van der Waals surface area (Å²) in [5.74, 6) is -0.350. The fourth-order valence-corrected chi connectivity index (χ4v) is 2.29. The van der Waals surface area contributed by atoms with Gasteiger partial charge < -0.3 is 10.1 Å². The van der Waals surface area contributed by atoms with Crippen LogP contribution in [0.3, 0.4) is 0 Å². The molecule has 1 aliphatic rings. The Morgan fingerprint density at radius 1 is 1.50 bits per heavy atom. The minimum Gasteiger partial charge on any atom is -0.463 e. The monoisotopic (exact) mass is 329 g/mol. The molecule has 1 atom stereocenters. The van der Waals surface area contributed by atoms with Gasteiger partial charge in [-0.2, -0.15) is 5.26 Å². The number of hydrogen-bond donors (Lipinski definition) is 2. The standard InChI is InChI=1S/C15H15N5O4/c1-3-24-14(21)12-9(2)18-15(17-8-16)19-13(12)10-4-6-11(7-5-10)20(22)23/h4-7,13H,3H2,1-2H3,(H2,17,18,19)/t13-/m1/s1. The highest BCUT2D eigenvalue weighted by Gasteiger charge is 2.30. The molecule has 0 aromatic heterocycles. The van der Waals surface area contributed by atoms with Crippen molar-refractivity contribution in [1.29, 1.82) is 5.26 Å². The first-order valence-electron chi connectivity index (χ1n) is 7.10. The molecule has 9 nitrogen and oxygen atoms in total. The summed E-state index contributed by atoms with van der Waals surface area (Å²) in [5.41, 5.74) is 1.28. The first-order valence-corrected chi connectivity index (χ1v) is 7.10. The average molecular weight is 329 g/mol. The number of guanidine groups is 1. The zero-order valence-corrected chi connectivity index (χ0v) is 13.1. The Labute approximate surface area is 137 Å². The maximum absolute atomic E-state index is 12.2. The summed E-state index contributed by atoms with van der Waals surface area (Å²) in [6.45, 7) is 3.56. The van der Waals surface area contributed by atoms with Crippen LogP contribution in [-0.4, -0.2) is 23.5 Å². The van der Waals surface area contributed by atoms with Crippen LogP contribution >= 0.6 is 0 Å². The number of nitro benzene ring substituents is 1. The largest absolute Gasteiger partial charge is 0.463 e. The van der Waals surface area contributed by atoms with Gasteiger partial charge in [0.1, 0.15) is 6.04 Å². The summed E-state index contributed by atoms with van der Waals surface area (Å²) in [6, 6.07) is 4.98. The molecule has 0 aliphatic carbocycles. The second-order valence-electron chi connectivity index (χ2n) is 4.85. The molecule has 0 radical (unpaired) electrons. The van der Waals surface area contributed by atoms with E-state index in [4.69, 9.17) is 10.00 Å². The van der Waals surface area contributed by atoms with E-state index in [1.807, 2.05) is 0 Å². The van der Waals surface area contributed by atoms with Crippen molar-refractivity contribution in [2.45, 2.75) is 19.9 Å². The Kier molecular flexibility index (Phi) is 5.11. The predicted octanol–water partition coefficient (Wildman–Crippen LogP) is 1.50. The van der Waals surface area contributed by atoms with E-state index in [0.717, 1.165) is 0 Å². The summed E-state index contributed by atoms with van der Waals surface area (Å²) < 4.78 is 5.06. The van der Waals surface area contributed by atoms with Gasteiger partial charge in [-0.15, -0.1) is 0 Å². The van der Waals surface area contributed by atoms with Gasteiger partial charge in [-0.3, -0.25) is 15.4 Å². The number of nitriles is 1. The van der Waals surface area contributed by atoms with Crippen LogP contribution in [0.15, 0.2) is 40.5 Å². The van der Waals surface area contributed by atoms with Crippen molar-refractivity contribution in [2.75, 3.05) is 6.61 Å². The number of nitrogens with zero attached hydrogens (tertiary/aromatic N) is 3. The van der Waals surface area contributed by atoms with Crippen LogP contribution in [0, 0.1) is 21.6 Å². The minimum atomic E-state index is -0.734. The number of non-ortho nitro benzene ring substituents is 1. The Bertz CT molecular complexity index is 761. The van der Waals surface area contributed by atoms with E-state index in [1.165, 1.54) is 24.3 Å². The van der Waals surface area contributed by atoms with E-state index in [0.29, 0.717) is 11.3 Å². The molecule has 0 unspecified atom stereocenters. The second-order valence-corrected chi connectivity index (χ2v) is 4.85. The van der Waals surface area contributed by atoms with Gasteiger partial charge in [-0.25, -0.2) is 9.79 Å². The quantitative estimate of drug-likeness (QED) is 0.281. The van der Waals surface area contributed by atoms with E-state index < -0.39 is 16.9 Å². The van der Waals surface area contributed by atoms with Crippen LogP contribution in [0.1, 0.15) is 25.5 Å². The molecule has 0 saturated carbocycles. The minimum absolute atomic E-state index is 0.0644. The third-order valence-electron chi connectivity index (χ3n) is 3.33. The molecule has 0 saturated heterocycles. The Balaban J connectivity index is 2.46. The molecule has 1 aliphatic heterocycles. The number of allylic oxidation sites excluding steroid dienone is 1. The number of esters is 1. The second kappa shape index (κ2) is 7.23. The van der Waals surface area contributed by atoms with Gasteiger partial charge in [0.05, 0.1) is 17.1 Å². The zero-order valence-electron chi connectivity index (χ0n) is 13.1. The summed E-state index contributed by atoms with van der Waals surface area (Å²) in [6.07, 6.45) is 1.75. The number of aliphatic imine (C=N–C) groups is 1. The van der Waals surface area contributed by atoms with Gasteiger partial charge in [0.25, 0.3) is 5.69 Å². The highest BCUT2D eigenvalue weighted by molar-refractivity contribution is 5.95. The number of carbonyl (C=O) groups is 1. The summed E-state index contributed by atoms with van der Waals surface area (Å²) in [7, 11) is 0. The Morgan fingerprint density at radius 2 is 2.17 bits per heavy atom. The fourth-order valence-electron chi connectivity index (χ4n) is 2.29. The van der Waals surface area contributed by atoms with Crippen molar-refractivity contribution in [1.82, 2.24) is 10.6 Å². The highest BCUT2D eigenvalue weighted by atomic mass is 16.6. The zero-order chi connectivity index (χ0) is 17.7. The fraction of sp³-hybridized carbons (Fsp3) is 0.267. The lowest BCUT2D eigenvalue weighted by Gasteiger charge is -2.25. The molecule has 0 spiro atoms.